The molecule has 1 aromatic rings. The van der Waals surface area contributed by atoms with Gasteiger partial charge in [0.05, 0.1) is 6.61 Å². The fourth-order valence-corrected chi connectivity index (χ4v) is 1.86. The number of para-hydroxylation sites is 1. The van der Waals surface area contributed by atoms with Crippen molar-refractivity contribution in [1.29, 1.82) is 0 Å². The van der Waals surface area contributed by atoms with Crippen LogP contribution < -0.4 is 5.32 Å². The number of ether oxygens (including phenoxy) is 1. The molecule has 5 heteroatoms. The van der Waals surface area contributed by atoms with Gasteiger partial charge in [-0.15, -0.1) is 0 Å². The average molecular weight is 237 g/mol. The molecule has 1 N–H and O–H groups in total. The molecule has 1 aromatic carbocycles. The number of hydrogen-bond acceptors (Lipinski definition) is 3. The summed E-state index contributed by atoms with van der Waals surface area (Å²) in [5.41, 5.74) is -1.33. The Morgan fingerprint density at radius 3 is 2.88 bits per heavy atom. The second-order valence-electron chi connectivity index (χ2n) is 3.89. The van der Waals surface area contributed by atoms with Gasteiger partial charge in [-0.05, 0) is 6.07 Å². The number of hydrogen-bond donors (Lipinski definition) is 1. The number of halogens is 1. The third-order valence-electron chi connectivity index (χ3n) is 2.71. The van der Waals surface area contributed by atoms with Crippen LogP contribution in [-0.4, -0.2) is 18.5 Å². The van der Waals surface area contributed by atoms with E-state index in [4.69, 9.17) is 0 Å². The molecule has 2 rings (SSSR count). The second-order valence-corrected chi connectivity index (χ2v) is 3.89. The lowest BCUT2D eigenvalue weighted by Gasteiger charge is -2.17. The van der Waals surface area contributed by atoms with Crippen LogP contribution >= 0.6 is 0 Å². The van der Waals surface area contributed by atoms with Crippen molar-refractivity contribution in [2.24, 2.45) is 0 Å². The standard InChI is InChI=1S/C12H12FNO3/c1-8(15)17-7-6-12(13)9-4-2-3-5-10(9)14-11(12)16/h2-5H,6-7H2,1H3,(H,14,16). The molecule has 0 radical (unpaired) electrons. The molecule has 1 unspecified atom stereocenters. The minimum atomic E-state index is -2.11. The zero-order chi connectivity index (χ0) is 12.5. The first kappa shape index (κ1) is 11.6. The van der Waals surface area contributed by atoms with Crippen molar-refractivity contribution >= 4 is 17.6 Å². The summed E-state index contributed by atoms with van der Waals surface area (Å²) in [5.74, 6) is -1.19. The Morgan fingerprint density at radius 2 is 2.18 bits per heavy atom. The van der Waals surface area contributed by atoms with Gasteiger partial charge in [-0.1, -0.05) is 18.2 Å². The first-order chi connectivity index (χ1) is 8.04. The number of carbonyl (C=O) groups excluding carboxylic acids is 2. The van der Waals surface area contributed by atoms with Crippen LogP contribution in [0.2, 0.25) is 0 Å². The van der Waals surface area contributed by atoms with Gasteiger partial charge in [0.15, 0.2) is 0 Å². The van der Waals surface area contributed by atoms with Crippen LogP contribution in [0.4, 0.5) is 10.1 Å². The molecular formula is C12H12FNO3. The van der Waals surface area contributed by atoms with Gasteiger partial charge >= 0.3 is 5.97 Å². The lowest BCUT2D eigenvalue weighted by atomic mass is 9.94. The van der Waals surface area contributed by atoms with Gasteiger partial charge < -0.3 is 10.1 Å². The molecule has 0 saturated heterocycles. The van der Waals surface area contributed by atoms with Gasteiger partial charge in [-0.3, -0.25) is 9.59 Å². The van der Waals surface area contributed by atoms with Gasteiger partial charge in [0.25, 0.3) is 5.91 Å². The summed E-state index contributed by atoms with van der Waals surface area (Å²) in [7, 11) is 0. The largest absolute Gasteiger partial charge is 0.466 e. The highest BCUT2D eigenvalue weighted by molar-refractivity contribution is 6.04. The van der Waals surface area contributed by atoms with Crippen LogP contribution in [0.15, 0.2) is 24.3 Å². The van der Waals surface area contributed by atoms with Crippen LogP contribution in [-0.2, 0) is 20.0 Å². The maximum absolute atomic E-state index is 14.5. The van der Waals surface area contributed by atoms with Gasteiger partial charge in [0.2, 0.25) is 5.67 Å². The zero-order valence-electron chi connectivity index (χ0n) is 9.33. The summed E-state index contributed by atoms with van der Waals surface area (Å²) in [5, 5.41) is 2.47. The summed E-state index contributed by atoms with van der Waals surface area (Å²) in [6, 6.07) is 6.58. The number of anilines is 1. The summed E-state index contributed by atoms with van der Waals surface area (Å²) in [6.07, 6.45) is -0.171. The minimum absolute atomic E-state index is 0.117. The van der Waals surface area contributed by atoms with Crippen LogP contribution in [0, 0.1) is 0 Å². The van der Waals surface area contributed by atoms with E-state index in [2.05, 4.69) is 10.1 Å². The highest BCUT2D eigenvalue weighted by Crippen LogP contribution is 2.41. The fraction of sp³-hybridized carbons (Fsp3) is 0.333. The molecule has 1 aliphatic heterocycles. The number of rotatable bonds is 3. The number of alkyl halides is 1. The van der Waals surface area contributed by atoms with E-state index in [1.54, 1.807) is 24.3 Å². The summed E-state index contributed by atoms with van der Waals surface area (Å²) >= 11 is 0. The van der Waals surface area contributed by atoms with Crippen LogP contribution in [0.25, 0.3) is 0 Å². The SMILES string of the molecule is CC(=O)OCCC1(F)C(=O)Nc2ccccc21. The Kier molecular flexibility index (Phi) is 2.83. The lowest BCUT2D eigenvalue weighted by molar-refractivity contribution is -0.143. The van der Waals surface area contributed by atoms with Crippen molar-refractivity contribution in [3.05, 3.63) is 29.8 Å². The van der Waals surface area contributed by atoms with Crippen LogP contribution in [0.1, 0.15) is 18.9 Å². The maximum Gasteiger partial charge on any atom is 0.302 e. The minimum Gasteiger partial charge on any atom is -0.466 e. The predicted molar refractivity (Wildman–Crippen MR) is 59.1 cm³/mol. The summed E-state index contributed by atoms with van der Waals surface area (Å²) in [4.78, 5) is 22.2. The third kappa shape index (κ3) is 2.00. The second kappa shape index (κ2) is 4.16. The Hall–Kier alpha value is -1.91. The van der Waals surface area contributed by atoms with Crippen molar-refractivity contribution in [3.63, 3.8) is 0 Å². The molecule has 0 fully saturated rings. The Balaban J connectivity index is 2.19. The lowest BCUT2D eigenvalue weighted by Crippen LogP contribution is -2.31. The number of esters is 1. The molecule has 0 aromatic heterocycles. The van der Waals surface area contributed by atoms with Gasteiger partial charge in [-0.2, -0.15) is 0 Å². The molecule has 0 saturated carbocycles. The number of nitrogens with one attached hydrogen (secondary N) is 1. The molecule has 0 spiro atoms. The molecule has 1 atom stereocenters. The van der Waals surface area contributed by atoms with E-state index in [0.717, 1.165) is 0 Å². The van der Waals surface area contributed by atoms with Crippen molar-refractivity contribution in [2.45, 2.75) is 19.0 Å². The van der Waals surface area contributed by atoms with Crippen LogP contribution in [0.5, 0.6) is 0 Å². The van der Waals surface area contributed by atoms with Gasteiger partial charge in [0.1, 0.15) is 0 Å². The number of carbonyl (C=O) groups is 2. The normalized spacial score (nSPS) is 21.9. The molecule has 1 aliphatic rings. The molecule has 0 aliphatic carbocycles. The van der Waals surface area contributed by atoms with E-state index in [1.807, 2.05) is 0 Å². The van der Waals surface area contributed by atoms with Gasteiger partial charge in [0, 0.05) is 24.6 Å². The summed E-state index contributed by atoms with van der Waals surface area (Å²) < 4.78 is 19.2. The molecule has 1 heterocycles. The molecule has 1 amide bonds. The van der Waals surface area contributed by atoms with E-state index in [0.29, 0.717) is 11.3 Å². The monoisotopic (exact) mass is 237 g/mol. The molecular weight excluding hydrogens is 225 g/mol. The van der Waals surface area contributed by atoms with Crippen molar-refractivity contribution in [1.82, 2.24) is 0 Å². The highest BCUT2D eigenvalue weighted by Gasteiger charge is 2.47. The Morgan fingerprint density at radius 1 is 1.47 bits per heavy atom. The van der Waals surface area contributed by atoms with Crippen molar-refractivity contribution in [3.8, 4) is 0 Å². The molecule has 17 heavy (non-hydrogen) atoms. The summed E-state index contributed by atoms with van der Waals surface area (Å²) in [6.45, 7) is 1.13. The van der Waals surface area contributed by atoms with E-state index in [9.17, 15) is 14.0 Å². The highest BCUT2D eigenvalue weighted by atomic mass is 19.1. The maximum atomic E-state index is 14.5. The third-order valence-corrected chi connectivity index (χ3v) is 2.71. The van der Waals surface area contributed by atoms with E-state index in [-0.39, 0.29) is 13.0 Å². The van der Waals surface area contributed by atoms with E-state index < -0.39 is 17.5 Å². The first-order valence-corrected chi connectivity index (χ1v) is 5.27. The van der Waals surface area contributed by atoms with E-state index >= 15 is 0 Å². The average Bonchev–Trinajstić information content (AvgIpc) is 2.52. The fourth-order valence-electron chi connectivity index (χ4n) is 1.86. The smallest absolute Gasteiger partial charge is 0.302 e. The van der Waals surface area contributed by atoms with Gasteiger partial charge in [-0.25, -0.2) is 4.39 Å². The molecule has 0 bridgehead atoms. The van der Waals surface area contributed by atoms with E-state index in [1.165, 1.54) is 6.92 Å². The number of amides is 1. The van der Waals surface area contributed by atoms with Crippen LogP contribution in [0.3, 0.4) is 0 Å². The first-order valence-electron chi connectivity index (χ1n) is 5.27. The Labute approximate surface area is 97.8 Å². The quantitative estimate of drug-likeness (QED) is 0.815. The topological polar surface area (TPSA) is 55.4 Å². The predicted octanol–water partition coefficient (Wildman–Crippen LogP) is 1.76. The molecule has 90 valence electrons. The number of fused-ring (bicyclic) bond motifs is 1. The zero-order valence-corrected chi connectivity index (χ0v) is 9.33. The van der Waals surface area contributed by atoms with Crippen molar-refractivity contribution in [2.75, 3.05) is 11.9 Å². The molecule has 4 nitrogen and oxygen atoms in total. The Bertz CT molecular complexity index is 475. The number of benzene rings is 1. The van der Waals surface area contributed by atoms with Crippen molar-refractivity contribution < 1.29 is 18.7 Å².